The summed E-state index contributed by atoms with van der Waals surface area (Å²) in [5.41, 5.74) is 7.40. The summed E-state index contributed by atoms with van der Waals surface area (Å²) >= 11 is 0. The Kier molecular flexibility index (Phi) is 3.83. The third kappa shape index (κ3) is 2.56. The number of aryl methyl sites for hydroxylation is 1. The fraction of sp³-hybridized carbons (Fsp3) is 0.0769. The van der Waals surface area contributed by atoms with Crippen molar-refractivity contribution in [3.63, 3.8) is 0 Å². The lowest BCUT2D eigenvalue weighted by atomic mass is 9.97. The summed E-state index contributed by atoms with van der Waals surface area (Å²) in [5.74, 6) is 0. The highest BCUT2D eigenvalue weighted by atomic mass is 16.6. The quantitative estimate of drug-likeness (QED) is 0.277. The average molecular weight is 405 g/mol. The molecule has 0 radical (unpaired) electrons. The van der Waals surface area contributed by atoms with Gasteiger partial charge in [0.25, 0.3) is 0 Å². The molecule has 0 spiro atoms. The van der Waals surface area contributed by atoms with Crippen molar-refractivity contribution >= 4 is 16.6 Å². The van der Waals surface area contributed by atoms with Gasteiger partial charge in [-0.3, -0.25) is 10.1 Å². The number of benzene rings is 3. The molecule has 0 unspecified atom stereocenters. The lowest BCUT2D eigenvalue weighted by Gasteiger charge is -2.19. The third-order valence-electron chi connectivity index (χ3n) is 6.17. The summed E-state index contributed by atoms with van der Waals surface area (Å²) in [7, 11) is 0. The number of nitro groups is 1. The minimum atomic E-state index is -0.224. The smallest absolute Gasteiger partial charge is 0.303 e. The maximum absolute atomic E-state index is 12.5. The fourth-order valence-corrected chi connectivity index (χ4v) is 4.92. The van der Waals surface area contributed by atoms with Crippen LogP contribution >= 0.6 is 0 Å². The van der Waals surface area contributed by atoms with E-state index in [9.17, 15) is 10.1 Å². The van der Waals surface area contributed by atoms with Crippen LogP contribution in [0.4, 0.5) is 5.69 Å². The van der Waals surface area contributed by atoms with Crippen LogP contribution in [0.3, 0.4) is 0 Å². The number of H-pyrrole nitrogens is 1. The van der Waals surface area contributed by atoms with Gasteiger partial charge in [-0.1, -0.05) is 78.9 Å². The van der Waals surface area contributed by atoms with E-state index < -0.39 is 0 Å². The molecule has 0 fully saturated rings. The van der Waals surface area contributed by atoms with Crippen LogP contribution in [0.15, 0.2) is 84.9 Å². The number of nitrogens with zero attached hydrogens (tertiary/aromatic N) is 2. The molecule has 1 N–H and O–H groups in total. The van der Waals surface area contributed by atoms with Crippen molar-refractivity contribution in [2.45, 2.75) is 13.0 Å². The van der Waals surface area contributed by atoms with Crippen molar-refractivity contribution < 1.29 is 4.92 Å². The average Bonchev–Trinajstić information content (AvgIpc) is 3.36. The highest BCUT2D eigenvalue weighted by molar-refractivity contribution is 6.00. The van der Waals surface area contributed by atoms with E-state index >= 15 is 0 Å². The second-order valence-corrected chi connectivity index (χ2v) is 7.84. The molecule has 0 atom stereocenters. The number of aromatic amines is 1. The van der Waals surface area contributed by atoms with Gasteiger partial charge < -0.3 is 9.55 Å². The lowest BCUT2D eigenvalue weighted by Crippen LogP contribution is -2.11. The number of hydrogen-bond acceptors (Lipinski definition) is 2. The Morgan fingerprint density at radius 1 is 0.806 bits per heavy atom. The summed E-state index contributed by atoms with van der Waals surface area (Å²) in [6, 6.07) is 27.6. The topological polar surface area (TPSA) is 63.9 Å². The number of fused-ring (bicyclic) bond motifs is 5. The molecular weight excluding hydrogens is 386 g/mol. The molecule has 3 heterocycles. The molecule has 3 aromatic carbocycles. The van der Waals surface area contributed by atoms with E-state index in [1.54, 1.807) is 0 Å². The molecule has 0 amide bonds. The minimum absolute atomic E-state index is 0.166. The molecule has 31 heavy (non-hydrogen) atoms. The molecule has 6 rings (SSSR count). The van der Waals surface area contributed by atoms with Crippen LogP contribution in [-0.4, -0.2) is 14.5 Å². The van der Waals surface area contributed by atoms with Crippen LogP contribution in [0, 0.1) is 10.1 Å². The number of para-hydroxylation sites is 1. The van der Waals surface area contributed by atoms with Crippen molar-refractivity contribution in [1.29, 1.82) is 0 Å². The zero-order valence-corrected chi connectivity index (χ0v) is 16.7. The molecule has 5 aromatic rings. The van der Waals surface area contributed by atoms with Crippen molar-refractivity contribution in [3.8, 4) is 33.8 Å². The highest BCUT2D eigenvalue weighted by Crippen LogP contribution is 2.50. The highest BCUT2D eigenvalue weighted by Gasteiger charge is 2.36. The van der Waals surface area contributed by atoms with Crippen LogP contribution in [0.25, 0.3) is 44.7 Å². The number of aromatic nitrogens is 2. The van der Waals surface area contributed by atoms with E-state index in [0.717, 1.165) is 34.5 Å². The molecule has 150 valence electrons. The van der Waals surface area contributed by atoms with Crippen molar-refractivity contribution in [2.75, 3.05) is 0 Å². The van der Waals surface area contributed by atoms with Gasteiger partial charge in [-0.25, -0.2) is 0 Å². The number of hydrogen-bond donors (Lipinski definition) is 1. The van der Waals surface area contributed by atoms with Gasteiger partial charge in [0, 0.05) is 23.0 Å². The number of rotatable bonds is 3. The van der Waals surface area contributed by atoms with E-state index in [2.05, 4.69) is 21.7 Å². The van der Waals surface area contributed by atoms with Gasteiger partial charge in [0.1, 0.15) is 5.69 Å². The molecule has 5 heteroatoms. The summed E-state index contributed by atoms with van der Waals surface area (Å²) < 4.78 is 2.13. The monoisotopic (exact) mass is 405 g/mol. The van der Waals surface area contributed by atoms with E-state index in [4.69, 9.17) is 0 Å². The zero-order valence-electron chi connectivity index (χ0n) is 16.7. The first-order valence-corrected chi connectivity index (χ1v) is 10.4. The van der Waals surface area contributed by atoms with Gasteiger partial charge in [-0.05, 0) is 23.6 Å². The summed E-state index contributed by atoms with van der Waals surface area (Å²) in [6.07, 6.45) is 0.826. The molecule has 0 bridgehead atoms. The second-order valence-electron chi connectivity index (χ2n) is 7.84. The maximum atomic E-state index is 12.5. The van der Waals surface area contributed by atoms with Crippen molar-refractivity contribution in [1.82, 2.24) is 9.55 Å². The van der Waals surface area contributed by atoms with Crippen LogP contribution in [0.2, 0.25) is 0 Å². The molecule has 0 saturated heterocycles. The van der Waals surface area contributed by atoms with Gasteiger partial charge in [0.05, 0.1) is 21.9 Å². The van der Waals surface area contributed by atoms with E-state index in [-0.39, 0.29) is 10.6 Å². The molecule has 1 aliphatic rings. The lowest BCUT2D eigenvalue weighted by molar-refractivity contribution is -0.383. The van der Waals surface area contributed by atoms with E-state index in [1.807, 2.05) is 72.8 Å². The van der Waals surface area contributed by atoms with Crippen LogP contribution in [0.5, 0.6) is 0 Å². The van der Waals surface area contributed by atoms with Gasteiger partial charge in [-0.15, -0.1) is 0 Å². The van der Waals surface area contributed by atoms with Crippen molar-refractivity contribution in [3.05, 3.63) is 101 Å². The second kappa shape index (κ2) is 6.71. The minimum Gasteiger partial charge on any atom is -0.353 e. The first kappa shape index (κ1) is 17.7. The summed E-state index contributed by atoms with van der Waals surface area (Å²) in [6.45, 7) is 0.697. The Hall–Kier alpha value is -4.12. The first-order valence-electron chi connectivity index (χ1n) is 10.4. The Morgan fingerprint density at radius 2 is 1.45 bits per heavy atom. The third-order valence-corrected chi connectivity index (χ3v) is 6.17. The van der Waals surface area contributed by atoms with Crippen LogP contribution in [-0.2, 0) is 13.0 Å². The van der Waals surface area contributed by atoms with Gasteiger partial charge in [-0.2, -0.15) is 0 Å². The molecule has 1 aliphatic heterocycles. The Balaban J connectivity index is 1.78. The molecule has 5 nitrogen and oxygen atoms in total. The predicted octanol–water partition coefficient (Wildman–Crippen LogP) is 6.43. The SMILES string of the molecule is O=[N+]([O-])c1c(-c2ccccc2)c2n(c1-c1ccccc1)CCc1c-2[nH]c2ccccc12. The number of nitrogens with one attached hydrogen (secondary N) is 1. The largest absolute Gasteiger partial charge is 0.353 e. The van der Waals surface area contributed by atoms with Gasteiger partial charge >= 0.3 is 5.69 Å². The fourth-order valence-electron chi connectivity index (χ4n) is 4.92. The summed E-state index contributed by atoms with van der Waals surface area (Å²) in [4.78, 5) is 15.8. The molecule has 0 saturated carbocycles. The van der Waals surface area contributed by atoms with E-state index in [1.165, 1.54) is 10.9 Å². The Bertz CT molecular complexity index is 1450. The molecular formula is C26H19N3O2. The van der Waals surface area contributed by atoms with Crippen molar-refractivity contribution in [2.24, 2.45) is 0 Å². The van der Waals surface area contributed by atoms with E-state index in [0.29, 0.717) is 17.8 Å². The Labute approximate surface area is 178 Å². The van der Waals surface area contributed by atoms with Gasteiger partial charge in [0.15, 0.2) is 0 Å². The van der Waals surface area contributed by atoms with Crippen LogP contribution in [0.1, 0.15) is 5.56 Å². The zero-order chi connectivity index (χ0) is 20.9. The maximum Gasteiger partial charge on any atom is 0.303 e. The normalized spacial score (nSPS) is 12.5. The molecule has 0 aliphatic carbocycles. The standard InChI is InChI=1S/C26H19N3O2/c30-29(31)26-22(17-9-3-1-4-10-17)25-23-20(19-13-7-8-14-21(19)27-23)15-16-28(25)24(26)18-11-5-2-6-12-18/h1-14,27H,15-16H2. The first-order chi connectivity index (χ1) is 15.2. The van der Waals surface area contributed by atoms with Crippen LogP contribution < -0.4 is 0 Å². The van der Waals surface area contributed by atoms with Gasteiger partial charge in [0.2, 0.25) is 0 Å². The molecule has 2 aromatic heterocycles. The Morgan fingerprint density at radius 3 is 2.16 bits per heavy atom. The summed E-state index contributed by atoms with van der Waals surface area (Å²) in [5, 5.41) is 13.7. The predicted molar refractivity (Wildman–Crippen MR) is 123 cm³/mol.